The van der Waals surface area contributed by atoms with Crippen LogP contribution in [0.15, 0.2) is 0 Å². The van der Waals surface area contributed by atoms with Gasteiger partial charge >= 0.3 is 6.03 Å². The second-order valence-corrected chi connectivity index (χ2v) is 4.88. The molecule has 2 aliphatic rings. The minimum Gasteiger partial charge on any atom is -0.359 e. The fraction of sp³-hybridized carbons (Fsp3) is 0.833. The third-order valence-electron chi connectivity index (χ3n) is 3.69. The molecule has 0 aromatic carbocycles. The molecule has 1 atom stereocenters. The van der Waals surface area contributed by atoms with Crippen LogP contribution in [0.4, 0.5) is 4.79 Å². The highest BCUT2D eigenvalue weighted by Crippen LogP contribution is 2.19. The largest absolute Gasteiger partial charge is 0.359 e. The summed E-state index contributed by atoms with van der Waals surface area (Å²) in [4.78, 5) is 27.5. The number of nitrogens with zero attached hydrogens (tertiary/aromatic N) is 2. The minimum absolute atomic E-state index is 0.0275. The maximum absolute atomic E-state index is 12.2. The van der Waals surface area contributed by atoms with Gasteiger partial charge in [-0.25, -0.2) is 4.79 Å². The van der Waals surface area contributed by atoms with Gasteiger partial charge in [-0.15, -0.1) is 0 Å². The van der Waals surface area contributed by atoms with Crippen molar-refractivity contribution < 1.29 is 9.59 Å². The molecule has 3 amide bonds. The number of carbonyl (C=O) groups excluding carboxylic acids is 2. The van der Waals surface area contributed by atoms with Gasteiger partial charge < -0.3 is 15.1 Å². The average molecular weight is 239 g/mol. The predicted octanol–water partition coefficient (Wildman–Crippen LogP) is 0.660. The molecule has 0 bridgehead atoms. The van der Waals surface area contributed by atoms with Crippen LogP contribution in [0.3, 0.4) is 0 Å². The fourth-order valence-electron chi connectivity index (χ4n) is 2.68. The van der Waals surface area contributed by atoms with Gasteiger partial charge in [0.05, 0.1) is 5.92 Å². The smallest absolute Gasteiger partial charge is 0.320 e. The highest BCUT2D eigenvalue weighted by molar-refractivity contribution is 5.80. The van der Waals surface area contributed by atoms with Crippen LogP contribution in [-0.2, 0) is 4.79 Å². The number of amides is 3. The van der Waals surface area contributed by atoms with Crippen LogP contribution in [0, 0.1) is 5.92 Å². The topological polar surface area (TPSA) is 52.7 Å². The van der Waals surface area contributed by atoms with Crippen molar-refractivity contribution in [2.75, 3.05) is 33.2 Å². The molecule has 5 heteroatoms. The number of urea groups is 1. The molecule has 1 unspecified atom stereocenters. The Labute approximate surface area is 102 Å². The first-order chi connectivity index (χ1) is 8.22. The number of nitrogens with one attached hydrogen (secondary N) is 1. The highest BCUT2D eigenvalue weighted by Gasteiger charge is 2.30. The summed E-state index contributed by atoms with van der Waals surface area (Å²) in [5, 5.41) is 2.67. The molecular weight excluding hydrogens is 218 g/mol. The number of rotatable bonds is 1. The van der Waals surface area contributed by atoms with Crippen LogP contribution in [0.5, 0.6) is 0 Å². The molecule has 96 valence electrons. The van der Waals surface area contributed by atoms with E-state index < -0.39 is 0 Å². The Morgan fingerprint density at radius 1 is 1.06 bits per heavy atom. The lowest BCUT2D eigenvalue weighted by atomic mass is 9.97. The molecule has 0 radical (unpaired) electrons. The zero-order chi connectivity index (χ0) is 12.3. The molecule has 2 saturated heterocycles. The summed E-state index contributed by atoms with van der Waals surface area (Å²) >= 11 is 0. The first kappa shape index (κ1) is 12.2. The Morgan fingerprint density at radius 2 is 1.71 bits per heavy atom. The van der Waals surface area contributed by atoms with Gasteiger partial charge in [-0.2, -0.15) is 0 Å². The zero-order valence-electron chi connectivity index (χ0n) is 10.4. The Bertz CT molecular complexity index is 300. The van der Waals surface area contributed by atoms with Crippen molar-refractivity contribution in [1.29, 1.82) is 0 Å². The third-order valence-corrected chi connectivity index (χ3v) is 3.69. The van der Waals surface area contributed by atoms with Gasteiger partial charge in [0.1, 0.15) is 0 Å². The molecule has 2 rings (SSSR count). The fourth-order valence-corrected chi connectivity index (χ4v) is 2.68. The van der Waals surface area contributed by atoms with Crippen molar-refractivity contribution in [3.63, 3.8) is 0 Å². The number of piperidine rings is 1. The summed E-state index contributed by atoms with van der Waals surface area (Å²) in [6.45, 7) is 3.12. The molecule has 0 aromatic heterocycles. The molecule has 0 saturated carbocycles. The van der Waals surface area contributed by atoms with E-state index in [1.165, 1.54) is 0 Å². The van der Waals surface area contributed by atoms with E-state index in [-0.39, 0.29) is 17.9 Å². The van der Waals surface area contributed by atoms with Gasteiger partial charge in [-0.1, -0.05) is 0 Å². The Balaban J connectivity index is 1.92. The van der Waals surface area contributed by atoms with E-state index in [2.05, 4.69) is 5.32 Å². The number of carbonyl (C=O) groups is 2. The molecule has 2 aliphatic heterocycles. The van der Waals surface area contributed by atoms with E-state index in [4.69, 9.17) is 0 Å². The summed E-state index contributed by atoms with van der Waals surface area (Å²) < 4.78 is 0. The molecule has 2 heterocycles. The predicted molar refractivity (Wildman–Crippen MR) is 64.6 cm³/mol. The summed E-state index contributed by atoms with van der Waals surface area (Å²) in [5.41, 5.74) is 0. The van der Waals surface area contributed by atoms with Gasteiger partial charge in [0.25, 0.3) is 0 Å². The van der Waals surface area contributed by atoms with Crippen LogP contribution in [0.25, 0.3) is 0 Å². The van der Waals surface area contributed by atoms with Gasteiger partial charge in [0.15, 0.2) is 0 Å². The van der Waals surface area contributed by atoms with Gasteiger partial charge in [-0.3, -0.25) is 4.79 Å². The zero-order valence-corrected chi connectivity index (χ0v) is 10.4. The van der Waals surface area contributed by atoms with Crippen molar-refractivity contribution in [3.8, 4) is 0 Å². The lowest BCUT2D eigenvalue weighted by molar-refractivity contribution is -0.125. The van der Waals surface area contributed by atoms with Crippen molar-refractivity contribution >= 4 is 11.9 Å². The first-order valence-corrected chi connectivity index (χ1v) is 6.48. The van der Waals surface area contributed by atoms with Gasteiger partial charge in [0.2, 0.25) is 5.91 Å². The van der Waals surface area contributed by atoms with Crippen LogP contribution >= 0.6 is 0 Å². The first-order valence-electron chi connectivity index (χ1n) is 6.48. The molecule has 0 spiro atoms. The average Bonchev–Trinajstić information content (AvgIpc) is 2.91. The maximum atomic E-state index is 12.2. The lowest BCUT2D eigenvalue weighted by Gasteiger charge is -2.34. The van der Waals surface area contributed by atoms with Gasteiger partial charge in [0, 0.05) is 33.2 Å². The molecule has 1 N–H and O–H groups in total. The molecule has 5 nitrogen and oxygen atoms in total. The van der Waals surface area contributed by atoms with Crippen molar-refractivity contribution in [2.24, 2.45) is 5.92 Å². The van der Waals surface area contributed by atoms with Crippen LogP contribution in [0.2, 0.25) is 0 Å². The molecule has 0 aromatic rings. The second kappa shape index (κ2) is 5.38. The van der Waals surface area contributed by atoms with E-state index in [9.17, 15) is 9.59 Å². The molecular formula is C12H21N3O2. The minimum atomic E-state index is -0.0275. The lowest BCUT2D eigenvalue weighted by Crippen LogP contribution is -2.49. The number of hydrogen-bond acceptors (Lipinski definition) is 2. The monoisotopic (exact) mass is 239 g/mol. The SMILES string of the molecule is CNC(=O)C1CCCN(C(=O)N2CCCC2)C1. The van der Waals surface area contributed by atoms with Crippen LogP contribution < -0.4 is 5.32 Å². The summed E-state index contributed by atoms with van der Waals surface area (Å²) in [5.74, 6) is 0.0317. The summed E-state index contributed by atoms with van der Waals surface area (Å²) in [7, 11) is 1.66. The summed E-state index contributed by atoms with van der Waals surface area (Å²) in [6, 6.07) is 0.121. The van der Waals surface area contributed by atoms with Crippen LogP contribution in [-0.4, -0.2) is 55.0 Å². The Morgan fingerprint density at radius 3 is 2.35 bits per heavy atom. The highest BCUT2D eigenvalue weighted by atomic mass is 16.2. The molecule has 0 aliphatic carbocycles. The third kappa shape index (κ3) is 2.70. The number of hydrogen-bond donors (Lipinski definition) is 1. The quantitative estimate of drug-likeness (QED) is 0.731. The van der Waals surface area contributed by atoms with Crippen molar-refractivity contribution in [1.82, 2.24) is 15.1 Å². The van der Waals surface area contributed by atoms with Crippen molar-refractivity contribution in [3.05, 3.63) is 0 Å². The standard InChI is InChI=1S/C12H21N3O2/c1-13-11(16)10-5-4-8-15(9-10)12(17)14-6-2-3-7-14/h10H,2-9H2,1H3,(H,13,16). The Kier molecular flexibility index (Phi) is 3.86. The summed E-state index contributed by atoms with van der Waals surface area (Å²) in [6.07, 6.45) is 4.04. The van der Waals surface area contributed by atoms with Crippen molar-refractivity contribution in [2.45, 2.75) is 25.7 Å². The molecule has 2 fully saturated rings. The van der Waals surface area contributed by atoms with E-state index in [1.807, 2.05) is 9.80 Å². The van der Waals surface area contributed by atoms with E-state index in [1.54, 1.807) is 7.05 Å². The number of likely N-dealkylation sites (tertiary alicyclic amines) is 2. The Hall–Kier alpha value is -1.26. The van der Waals surface area contributed by atoms with E-state index >= 15 is 0 Å². The second-order valence-electron chi connectivity index (χ2n) is 4.88. The maximum Gasteiger partial charge on any atom is 0.320 e. The van der Waals surface area contributed by atoms with Crippen LogP contribution in [0.1, 0.15) is 25.7 Å². The normalized spacial score (nSPS) is 24.9. The molecule has 17 heavy (non-hydrogen) atoms. The van der Waals surface area contributed by atoms with E-state index in [0.717, 1.165) is 45.3 Å². The van der Waals surface area contributed by atoms with Gasteiger partial charge in [-0.05, 0) is 25.7 Å². The van der Waals surface area contributed by atoms with E-state index in [0.29, 0.717) is 6.54 Å².